The molecular formula is C35H37NO3. The predicted octanol–water partition coefficient (Wildman–Crippen LogP) is 7.78. The fourth-order valence-electron chi connectivity index (χ4n) is 4.67. The first-order chi connectivity index (χ1) is 19.0. The normalized spacial score (nSPS) is 11.7. The molecule has 0 spiro atoms. The molecule has 4 aromatic carbocycles. The van der Waals surface area contributed by atoms with Gasteiger partial charge in [-0.1, -0.05) is 92.7 Å². The SMILES string of the molecule is CCC(=C(c1ccc(OCCN(C)C)cc1)c1ccccc1OC(=O)c1ccccc1CC)c1ccccc1. The summed E-state index contributed by atoms with van der Waals surface area (Å²) in [7, 11) is 4.06. The molecule has 0 heterocycles. The van der Waals surface area contributed by atoms with Gasteiger partial charge in [-0.15, -0.1) is 0 Å². The number of ether oxygens (including phenoxy) is 2. The van der Waals surface area contributed by atoms with Crippen LogP contribution in [0.2, 0.25) is 0 Å². The Balaban J connectivity index is 1.79. The number of nitrogens with zero attached hydrogens (tertiary/aromatic N) is 1. The van der Waals surface area contributed by atoms with Crippen LogP contribution in [0.5, 0.6) is 11.5 Å². The average Bonchev–Trinajstić information content (AvgIpc) is 2.97. The molecule has 0 N–H and O–H groups in total. The molecule has 4 rings (SSSR count). The number of likely N-dealkylation sites (N-methyl/N-ethyl adjacent to an activating group) is 1. The van der Waals surface area contributed by atoms with Gasteiger partial charge in [0, 0.05) is 12.1 Å². The van der Waals surface area contributed by atoms with Crippen LogP contribution in [0.4, 0.5) is 0 Å². The molecule has 0 aliphatic carbocycles. The van der Waals surface area contributed by atoms with Crippen molar-refractivity contribution in [2.75, 3.05) is 27.2 Å². The van der Waals surface area contributed by atoms with Crippen LogP contribution < -0.4 is 9.47 Å². The van der Waals surface area contributed by atoms with Gasteiger partial charge in [-0.05, 0) is 79.0 Å². The first-order valence-corrected chi connectivity index (χ1v) is 13.6. The minimum Gasteiger partial charge on any atom is -0.492 e. The summed E-state index contributed by atoms with van der Waals surface area (Å²) in [4.78, 5) is 15.4. The highest BCUT2D eigenvalue weighted by atomic mass is 16.5. The van der Waals surface area contributed by atoms with E-state index in [-0.39, 0.29) is 5.97 Å². The van der Waals surface area contributed by atoms with Crippen LogP contribution in [0.1, 0.15) is 52.9 Å². The lowest BCUT2D eigenvalue weighted by molar-refractivity contribution is 0.0733. The van der Waals surface area contributed by atoms with E-state index in [1.807, 2.05) is 87.7 Å². The highest BCUT2D eigenvalue weighted by molar-refractivity contribution is 6.01. The van der Waals surface area contributed by atoms with Gasteiger partial charge in [0.25, 0.3) is 0 Å². The van der Waals surface area contributed by atoms with Crippen LogP contribution in [0, 0.1) is 0 Å². The summed E-state index contributed by atoms with van der Waals surface area (Å²) in [5.74, 6) is 1.02. The van der Waals surface area contributed by atoms with Gasteiger partial charge in [-0.3, -0.25) is 0 Å². The number of rotatable bonds is 11. The number of hydrogen-bond donors (Lipinski definition) is 0. The molecule has 200 valence electrons. The molecule has 0 amide bonds. The Morgan fingerprint density at radius 1 is 0.718 bits per heavy atom. The number of allylic oxidation sites excluding steroid dienone is 1. The van der Waals surface area contributed by atoms with Gasteiger partial charge in [0.05, 0.1) is 5.56 Å². The van der Waals surface area contributed by atoms with E-state index >= 15 is 0 Å². The largest absolute Gasteiger partial charge is 0.492 e. The molecule has 0 unspecified atom stereocenters. The van der Waals surface area contributed by atoms with Gasteiger partial charge in [0.2, 0.25) is 0 Å². The lowest BCUT2D eigenvalue weighted by Crippen LogP contribution is -2.19. The van der Waals surface area contributed by atoms with Crippen molar-refractivity contribution in [1.29, 1.82) is 0 Å². The monoisotopic (exact) mass is 519 g/mol. The molecule has 0 aliphatic rings. The van der Waals surface area contributed by atoms with Crippen molar-refractivity contribution in [3.8, 4) is 11.5 Å². The number of aryl methyl sites for hydroxylation is 1. The van der Waals surface area contributed by atoms with Crippen LogP contribution in [-0.2, 0) is 6.42 Å². The maximum Gasteiger partial charge on any atom is 0.343 e. The van der Waals surface area contributed by atoms with Crippen molar-refractivity contribution in [3.63, 3.8) is 0 Å². The Kier molecular flexibility index (Phi) is 9.71. The summed E-state index contributed by atoms with van der Waals surface area (Å²) in [6, 6.07) is 34.0. The van der Waals surface area contributed by atoms with Crippen molar-refractivity contribution in [1.82, 2.24) is 4.90 Å². The van der Waals surface area contributed by atoms with Crippen LogP contribution in [-0.4, -0.2) is 38.1 Å². The maximum atomic E-state index is 13.3. The molecule has 4 heteroatoms. The van der Waals surface area contributed by atoms with Crippen LogP contribution in [0.25, 0.3) is 11.1 Å². The third kappa shape index (κ3) is 7.04. The molecule has 0 aromatic heterocycles. The molecule has 0 radical (unpaired) electrons. The first-order valence-electron chi connectivity index (χ1n) is 13.6. The van der Waals surface area contributed by atoms with E-state index < -0.39 is 0 Å². The summed E-state index contributed by atoms with van der Waals surface area (Å²) in [5, 5.41) is 0. The van der Waals surface area contributed by atoms with Gasteiger partial charge in [0.1, 0.15) is 18.1 Å². The predicted molar refractivity (Wildman–Crippen MR) is 160 cm³/mol. The smallest absolute Gasteiger partial charge is 0.343 e. The summed E-state index contributed by atoms with van der Waals surface area (Å²) in [6.45, 7) is 5.67. The average molecular weight is 520 g/mol. The minimum absolute atomic E-state index is 0.346. The number of benzene rings is 4. The third-order valence-corrected chi connectivity index (χ3v) is 6.71. The molecule has 4 nitrogen and oxygen atoms in total. The zero-order valence-corrected chi connectivity index (χ0v) is 23.3. The molecule has 0 aliphatic heterocycles. The number of para-hydroxylation sites is 1. The molecule has 0 atom stereocenters. The Labute approximate surface area is 232 Å². The van der Waals surface area contributed by atoms with Crippen LogP contribution >= 0.6 is 0 Å². The van der Waals surface area contributed by atoms with E-state index in [2.05, 4.69) is 48.2 Å². The van der Waals surface area contributed by atoms with Gasteiger partial charge in [-0.25, -0.2) is 4.79 Å². The molecule has 0 saturated carbocycles. The lowest BCUT2D eigenvalue weighted by atomic mass is 9.87. The van der Waals surface area contributed by atoms with Crippen LogP contribution in [0.3, 0.4) is 0 Å². The maximum absolute atomic E-state index is 13.3. The topological polar surface area (TPSA) is 38.8 Å². The zero-order valence-electron chi connectivity index (χ0n) is 23.3. The molecule has 39 heavy (non-hydrogen) atoms. The van der Waals surface area contributed by atoms with Crippen molar-refractivity contribution in [2.24, 2.45) is 0 Å². The van der Waals surface area contributed by atoms with Gasteiger partial charge >= 0.3 is 5.97 Å². The Bertz CT molecular complexity index is 1410. The van der Waals surface area contributed by atoms with Crippen molar-refractivity contribution in [3.05, 3.63) is 131 Å². The second-order valence-corrected chi connectivity index (χ2v) is 9.65. The fourth-order valence-corrected chi connectivity index (χ4v) is 4.67. The molecule has 0 fully saturated rings. The number of carbonyl (C=O) groups is 1. The van der Waals surface area contributed by atoms with Crippen molar-refractivity contribution >= 4 is 17.1 Å². The number of carbonyl (C=O) groups excluding carboxylic acids is 1. The summed E-state index contributed by atoms with van der Waals surface area (Å²) >= 11 is 0. The summed E-state index contributed by atoms with van der Waals surface area (Å²) in [6.07, 6.45) is 1.57. The molecular weight excluding hydrogens is 482 g/mol. The van der Waals surface area contributed by atoms with E-state index in [0.29, 0.717) is 17.9 Å². The Morgan fingerprint density at radius 2 is 1.36 bits per heavy atom. The Hall–Kier alpha value is -4.15. The fraction of sp³-hybridized carbons (Fsp3) is 0.229. The van der Waals surface area contributed by atoms with E-state index in [4.69, 9.17) is 9.47 Å². The van der Waals surface area contributed by atoms with E-state index in [9.17, 15) is 4.79 Å². The highest BCUT2D eigenvalue weighted by Crippen LogP contribution is 2.39. The number of hydrogen-bond acceptors (Lipinski definition) is 4. The van der Waals surface area contributed by atoms with Crippen molar-refractivity contribution in [2.45, 2.75) is 26.7 Å². The van der Waals surface area contributed by atoms with Crippen LogP contribution in [0.15, 0.2) is 103 Å². The standard InChI is InChI=1S/C35H37NO3/c1-5-26-14-10-11-17-31(26)35(37)39-33-19-13-12-18-32(33)34(30(6-2)27-15-8-7-9-16-27)28-20-22-29(23-21-28)38-25-24-36(3)4/h7-23H,5-6,24-25H2,1-4H3. The molecule has 4 aromatic rings. The zero-order chi connectivity index (χ0) is 27.6. The minimum atomic E-state index is -0.346. The van der Waals surface area contributed by atoms with E-state index in [1.54, 1.807) is 0 Å². The van der Waals surface area contributed by atoms with Crippen molar-refractivity contribution < 1.29 is 14.3 Å². The van der Waals surface area contributed by atoms with E-state index in [1.165, 1.54) is 5.57 Å². The van der Waals surface area contributed by atoms with Gasteiger partial charge in [-0.2, -0.15) is 0 Å². The van der Waals surface area contributed by atoms with Gasteiger partial charge < -0.3 is 14.4 Å². The Morgan fingerprint density at radius 3 is 2.03 bits per heavy atom. The third-order valence-electron chi connectivity index (χ3n) is 6.71. The summed E-state index contributed by atoms with van der Waals surface area (Å²) in [5.41, 5.74) is 6.83. The highest BCUT2D eigenvalue weighted by Gasteiger charge is 2.20. The lowest BCUT2D eigenvalue weighted by Gasteiger charge is -2.19. The second-order valence-electron chi connectivity index (χ2n) is 9.65. The second kappa shape index (κ2) is 13.6. The van der Waals surface area contributed by atoms with E-state index in [0.717, 1.165) is 53.0 Å². The molecule has 0 saturated heterocycles. The quantitative estimate of drug-likeness (QED) is 0.115. The van der Waals surface area contributed by atoms with Gasteiger partial charge in [0.15, 0.2) is 0 Å². The summed E-state index contributed by atoms with van der Waals surface area (Å²) < 4.78 is 12.1. The number of esters is 1. The molecule has 0 bridgehead atoms. The first kappa shape index (κ1) is 27.9.